The Bertz CT molecular complexity index is 68.2. The number of hydrogen-bond acceptors (Lipinski definition) is 1. The summed E-state index contributed by atoms with van der Waals surface area (Å²) in [6.45, 7) is 0. The normalized spacial score (nSPS) is 5.71. The van der Waals surface area contributed by atoms with Crippen LogP contribution < -0.4 is 18.9 Å². The van der Waals surface area contributed by atoms with E-state index in [1.807, 2.05) is 16.8 Å². The molecule has 0 atom stereocenters. The van der Waals surface area contributed by atoms with Gasteiger partial charge in [-0.15, -0.1) is 5.38 Å². The quantitative estimate of drug-likeness (QED) is 0.265. The van der Waals surface area contributed by atoms with Crippen LogP contribution in [0.2, 0.25) is 0 Å². The second-order valence-electron chi connectivity index (χ2n) is 0.723. The average Bonchev–Trinajstić information content (AvgIpc) is 1.76. The first-order chi connectivity index (χ1) is 2.50. The maximum atomic E-state index is 2.88. The fourth-order valence-electron chi connectivity index (χ4n) is 0.196. The monoisotopic (exact) mass is 108 g/mol. The molecule has 0 aliphatic heterocycles. The molecule has 0 amide bonds. The van der Waals surface area contributed by atoms with Crippen LogP contribution in [0.5, 0.6) is 0 Å². The summed E-state index contributed by atoms with van der Waals surface area (Å²) in [7, 11) is 0. The van der Waals surface area contributed by atoms with Gasteiger partial charge in [0.25, 0.3) is 0 Å². The van der Waals surface area contributed by atoms with Gasteiger partial charge >= 0.3 is 18.9 Å². The van der Waals surface area contributed by atoms with Crippen LogP contribution >= 0.6 is 11.3 Å². The van der Waals surface area contributed by atoms with E-state index in [2.05, 4.69) is 6.07 Å². The van der Waals surface area contributed by atoms with Crippen molar-refractivity contribution < 1.29 is 24.3 Å². The minimum absolute atomic E-state index is 0. The summed E-state index contributed by atoms with van der Waals surface area (Å²) in [4.78, 5) is 0. The second-order valence-corrected chi connectivity index (χ2v) is 1.50. The second kappa shape index (κ2) is 6.26. The van der Waals surface area contributed by atoms with Gasteiger partial charge in [-0.3, -0.25) is 11.3 Å². The van der Waals surface area contributed by atoms with E-state index in [1.54, 1.807) is 11.3 Å². The number of thiophene rings is 1. The standard InChI is InChI=1S/C4H3S.Li.H2O/c1-2-4-5-3-1;;/h1,3-4H;;1H2/q-1;+1;. The molecule has 0 unspecified atom stereocenters. The van der Waals surface area contributed by atoms with E-state index >= 15 is 0 Å². The molecule has 1 heterocycles. The van der Waals surface area contributed by atoms with Gasteiger partial charge in [0.2, 0.25) is 0 Å². The van der Waals surface area contributed by atoms with Crippen LogP contribution in [0, 0.1) is 6.07 Å². The summed E-state index contributed by atoms with van der Waals surface area (Å²) in [5.74, 6) is 0. The summed E-state index contributed by atoms with van der Waals surface area (Å²) in [5.41, 5.74) is 0. The van der Waals surface area contributed by atoms with Crippen molar-refractivity contribution in [1.82, 2.24) is 0 Å². The molecule has 0 fully saturated rings. The van der Waals surface area contributed by atoms with Crippen LogP contribution in [-0.2, 0) is 0 Å². The van der Waals surface area contributed by atoms with Gasteiger partial charge in [0, 0.05) is 0 Å². The summed E-state index contributed by atoms with van der Waals surface area (Å²) >= 11 is 1.66. The third kappa shape index (κ3) is 4.10. The summed E-state index contributed by atoms with van der Waals surface area (Å²) < 4.78 is 0. The Morgan fingerprint density at radius 2 is 2.14 bits per heavy atom. The van der Waals surface area contributed by atoms with Gasteiger partial charge in [-0.05, 0) is 0 Å². The van der Waals surface area contributed by atoms with E-state index in [4.69, 9.17) is 0 Å². The summed E-state index contributed by atoms with van der Waals surface area (Å²) in [6.07, 6.45) is 0. The first-order valence-corrected chi connectivity index (χ1v) is 2.32. The Balaban J connectivity index is 0. The van der Waals surface area contributed by atoms with Crippen LogP contribution in [0.25, 0.3) is 0 Å². The van der Waals surface area contributed by atoms with Gasteiger partial charge in [-0.2, -0.15) is 5.38 Å². The predicted molar refractivity (Wildman–Crippen MR) is 26.8 cm³/mol. The maximum absolute atomic E-state index is 2.88. The third-order valence-corrected chi connectivity index (χ3v) is 0.944. The van der Waals surface area contributed by atoms with Crippen LogP contribution in [-0.4, -0.2) is 5.48 Å². The van der Waals surface area contributed by atoms with Crippen LogP contribution in [0.3, 0.4) is 0 Å². The number of rotatable bonds is 0. The molecule has 0 saturated carbocycles. The zero-order valence-corrected chi connectivity index (χ0v) is 4.96. The Kier molecular flexibility index (Phi) is 9.19. The molecule has 1 rings (SSSR count). The Morgan fingerprint density at radius 3 is 2.29 bits per heavy atom. The predicted octanol–water partition coefficient (Wildman–Crippen LogP) is -2.27. The van der Waals surface area contributed by atoms with Gasteiger partial charge in [0.05, 0.1) is 0 Å². The van der Waals surface area contributed by atoms with Crippen LogP contribution in [0.1, 0.15) is 0 Å². The molecule has 0 aliphatic rings. The van der Waals surface area contributed by atoms with Crippen LogP contribution in [0.4, 0.5) is 0 Å². The molecule has 0 saturated heterocycles. The first kappa shape index (κ1) is 10.3. The minimum atomic E-state index is 0. The van der Waals surface area contributed by atoms with Crippen LogP contribution in [0.15, 0.2) is 16.8 Å². The van der Waals surface area contributed by atoms with E-state index in [0.29, 0.717) is 0 Å². The molecule has 0 aromatic carbocycles. The average molecular weight is 108 g/mol. The minimum Gasteiger partial charge on any atom is -0.412 e. The van der Waals surface area contributed by atoms with E-state index in [-0.39, 0.29) is 24.3 Å². The van der Waals surface area contributed by atoms with Crippen molar-refractivity contribution in [3.05, 3.63) is 22.9 Å². The molecule has 3 heteroatoms. The van der Waals surface area contributed by atoms with E-state index < -0.39 is 0 Å². The van der Waals surface area contributed by atoms with Gasteiger partial charge in [0.15, 0.2) is 0 Å². The summed E-state index contributed by atoms with van der Waals surface area (Å²) in [5, 5.41) is 3.90. The smallest absolute Gasteiger partial charge is 0.412 e. The molecule has 2 N–H and O–H groups in total. The largest absolute Gasteiger partial charge is 1.00 e. The van der Waals surface area contributed by atoms with Gasteiger partial charge in [-0.1, -0.05) is 0 Å². The van der Waals surface area contributed by atoms with Crippen molar-refractivity contribution in [3.8, 4) is 0 Å². The number of hydrogen-bond donors (Lipinski definition) is 0. The Hall–Kier alpha value is 0.257. The zero-order chi connectivity index (χ0) is 3.54. The van der Waals surface area contributed by atoms with E-state index in [1.165, 1.54) is 0 Å². The van der Waals surface area contributed by atoms with E-state index in [9.17, 15) is 0 Å². The molecule has 1 aromatic rings. The molecule has 0 aliphatic carbocycles. The molecule has 0 spiro atoms. The molecular formula is C4H5LiOS. The molecule has 0 radical (unpaired) electrons. The molecule has 1 aromatic heterocycles. The molecule has 1 nitrogen and oxygen atoms in total. The fourth-order valence-corrected chi connectivity index (χ4v) is 0.589. The van der Waals surface area contributed by atoms with Crippen molar-refractivity contribution in [2.45, 2.75) is 0 Å². The first-order valence-electron chi connectivity index (χ1n) is 1.38. The molecular weight excluding hydrogens is 103 g/mol. The fraction of sp³-hybridized carbons (Fsp3) is 0. The Labute approximate surface area is 58.9 Å². The van der Waals surface area contributed by atoms with Crippen molar-refractivity contribution in [2.75, 3.05) is 0 Å². The maximum Gasteiger partial charge on any atom is 1.00 e. The zero-order valence-electron chi connectivity index (χ0n) is 4.14. The van der Waals surface area contributed by atoms with Gasteiger partial charge in [-0.25, -0.2) is 12.1 Å². The van der Waals surface area contributed by atoms with Gasteiger partial charge < -0.3 is 5.48 Å². The SMILES string of the molecule is O.[Li+].[c-]1ccsc1. The van der Waals surface area contributed by atoms with Crippen molar-refractivity contribution in [1.29, 1.82) is 0 Å². The van der Waals surface area contributed by atoms with E-state index in [0.717, 1.165) is 0 Å². The van der Waals surface area contributed by atoms with Crippen molar-refractivity contribution in [3.63, 3.8) is 0 Å². The van der Waals surface area contributed by atoms with Gasteiger partial charge in [0.1, 0.15) is 0 Å². The third-order valence-electron chi connectivity index (χ3n) is 0.379. The summed E-state index contributed by atoms with van der Waals surface area (Å²) in [6, 6.07) is 4.77. The molecule has 34 valence electrons. The Morgan fingerprint density at radius 1 is 1.43 bits per heavy atom. The van der Waals surface area contributed by atoms with Crippen molar-refractivity contribution >= 4 is 11.3 Å². The van der Waals surface area contributed by atoms with Crippen molar-refractivity contribution in [2.24, 2.45) is 0 Å². The molecule has 0 bridgehead atoms. The topological polar surface area (TPSA) is 31.5 Å². The molecule has 7 heavy (non-hydrogen) atoms.